The van der Waals surface area contributed by atoms with Gasteiger partial charge in [-0.2, -0.15) is 5.10 Å². The molecule has 11 heteroatoms. The number of hydrogen-bond donors (Lipinski definition) is 2. The minimum atomic E-state index is -0.598. The maximum Gasteiger partial charge on any atom is 0.310 e. The third kappa shape index (κ3) is 8.06. The van der Waals surface area contributed by atoms with Crippen LogP contribution in [0.5, 0.6) is 17.2 Å². The zero-order valence-corrected chi connectivity index (χ0v) is 20.3. The van der Waals surface area contributed by atoms with Crippen molar-refractivity contribution in [1.82, 2.24) is 5.43 Å². The number of hydrogen-bond acceptors (Lipinski definition) is 8. The molecule has 11 nitrogen and oxygen atoms in total. The number of aryl methyl sites for hydroxylation is 1. The highest BCUT2D eigenvalue weighted by Crippen LogP contribution is 2.28. The molecule has 0 bridgehead atoms. The molecule has 0 atom stereocenters. The summed E-state index contributed by atoms with van der Waals surface area (Å²) in [6.45, 7) is 3.41. The summed E-state index contributed by atoms with van der Waals surface area (Å²) in [5, 5.41) is 17.7. The van der Waals surface area contributed by atoms with E-state index in [1.54, 1.807) is 24.3 Å². The predicted octanol–water partition coefficient (Wildman–Crippen LogP) is 3.85. The summed E-state index contributed by atoms with van der Waals surface area (Å²) in [5.41, 5.74) is 4.30. The number of rotatable bonds is 12. The van der Waals surface area contributed by atoms with Gasteiger partial charge in [0.05, 0.1) is 17.7 Å². The van der Waals surface area contributed by atoms with Crippen LogP contribution in [0.2, 0.25) is 0 Å². The number of nitrogens with zero attached hydrogens (tertiary/aromatic N) is 2. The number of ether oxygens (including phenoxy) is 3. The molecule has 0 aromatic heterocycles. The molecule has 3 aromatic carbocycles. The maximum absolute atomic E-state index is 12.3. The molecule has 3 aromatic rings. The van der Waals surface area contributed by atoms with Crippen LogP contribution < -0.4 is 25.0 Å². The van der Waals surface area contributed by atoms with Gasteiger partial charge in [-0.25, -0.2) is 5.43 Å². The van der Waals surface area contributed by atoms with E-state index in [-0.39, 0.29) is 24.0 Å². The van der Waals surface area contributed by atoms with Crippen molar-refractivity contribution in [2.45, 2.75) is 13.8 Å². The van der Waals surface area contributed by atoms with E-state index in [4.69, 9.17) is 14.2 Å². The predicted molar refractivity (Wildman–Crippen MR) is 137 cm³/mol. The van der Waals surface area contributed by atoms with E-state index in [2.05, 4.69) is 15.8 Å². The van der Waals surface area contributed by atoms with E-state index in [0.29, 0.717) is 29.4 Å². The van der Waals surface area contributed by atoms with Crippen molar-refractivity contribution in [2.24, 2.45) is 5.10 Å². The van der Waals surface area contributed by atoms with Gasteiger partial charge in [-0.1, -0.05) is 30.3 Å². The quantitative estimate of drug-likeness (QED) is 0.216. The molecule has 0 unspecified atom stereocenters. The molecular weight excluding hydrogens is 480 g/mol. The van der Waals surface area contributed by atoms with E-state index in [1.165, 1.54) is 24.4 Å². The number of nitro benzene ring substituents is 1. The highest BCUT2D eigenvalue weighted by molar-refractivity contribution is 5.92. The van der Waals surface area contributed by atoms with Gasteiger partial charge in [0.25, 0.3) is 11.8 Å². The van der Waals surface area contributed by atoms with Gasteiger partial charge in [0.15, 0.2) is 30.5 Å². The fourth-order valence-electron chi connectivity index (χ4n) is 3.12. The number of carbonyl (C=O) groups is 2. The molecule has 0 heterocycles. The molecule has 0 aliphatic heterocycles. The van der Waals surface area contributed by atoms with Crippen LogP contribution in [-0.2, 0) is 9.59 Å². The van der Waals surface area contributed by atoms with Gasteiger partial charge in [0.1, 0.15) is 0 Å². The lowest BCUT2D eigenvalue weighted by molar-refractivity contribution is -0.385. The normalized spacial score (nSPS) is 10.5. The monoisotopic (exact) mass is 506 g/mol. The lowest BCUT2D eigenvalue weighted by Crippen LogP contribution is -2.24. The van der Waals surface area contributed by atoms with Crippen molar-refractivity contribution in [1.29, 1.82) is 0 Å². The lowest BCUT2D eigenvalue weighted by Gasteiger charge is -2.13. The van der Waals surface area contributed by atoms with Crippen molar-refractivity contribution < 1.29 is 28.7 Å². The molecule has 0 fully saturated rings. The highest BCUT2D eigenvalue weighted by Gasteiger charge is 2.15. The van der Waals surface area contributed by atoms with Gasteiger partial charge >= 0.3 is 5.69 Å². The van der Waals surface area contributed by atoms with Crippen LogP contribution in [0.4, 0.5) is 11.4 Å². The Balaban J connectivity index is 1.54. The Kier molecular flexibility index (Phi) is 9.54. The van der Waals surface area contributed by atoms with Crippen LogP contribution in [0.15, 0.2) is 71.8 Å². The summed E-state index contributed by atoms with van der Waals surface area (Å²) in [7, 11) is 0. The number of nitrogens with one attached hydrogen (secondary N) is 2. The summed E-state index contributed by atoms with van der Waals surface area (Å²) in [4.78, 5) is 34.7. The number of nitro groups is 1. The molecule has 192 valence electrons. The van der Waals surface area contributed by atoms with Crippen LogP contribution in [-0.4, -0.2) is 42.8 Å². The molecule has 3 rings (SSSR count). The molecule has 0 spiro atoms. The second-order valence-corrected chi connectivity index (χ2v) is 7.60. The number of para-hydroxylation sites is 3. The third-order valence-electron chi connectivity index (χ3n) is 4.87. The van der Waals surface area contributed by atoms with Crippen molar-refractivity contribution >= 4 is 29.4 Å². The van der Waals surface area contributed by atoms with Crippen molar-refractivity contribution in [3.05, 3.63) is 88.0 Å². The zero-order chi connectivity index (χ0) is 26.6. The van der Waals surface area contributed by atoms with Crippen LogP contribution in [0.1, 0.15) is 18.1 Å². The van der Waals surface area contributed by atoms with Crippen molar-refractivity contribution in [3.8, 4) is 17.2 Å². The number of hydrazone groups is 1. The number of carbonyl (C=O) groups excluding carboxylic acids is 2. The molecule has 0 aliphatic carbocycles. The van der Waals surface area contributed by atoms with Gasteiger partial charge in [-0.3, -0.25) is 19.7 Å². The lowest BCUT2D eigenvalue weighted by atomic mass is 10.2. The largest absolute Gasteiger partial charge is 0.490 e. The number of benzene rings is 3. The molecule has 0 aliphatic rings. The Morgan fingerprint density at radius 2 is 1.62 bits per heavy atom. The number of anilines is 1. The fourth-order valence-corrected chi connectivity index (χ4v) is 3.12. The van der Waals surface area contributed by atoms with Crippen molar-refractivity contribution in [2.75, 3.05) is 25.1 Å². The third-order valence-corrected chi connectivity index (χ3v) is 4.87. The highest BCUT2D eigenvalue weighted by atomic mass is 16.6. The first-order valence-electron chi connectivity index (χ1n) is 11.3. The topological polar surface area (TPSA) is 141 Å². The van der Waals surface area contributed by atoms with Crippen LogP contribution in [0.25, 0.3) is 0 Å². The van der Waals surface area contributed by atoms with Gasteiger partial charge in [-0.15, -0.1) is 0 Å². The standard InChI is InChI=1S/C26H26N4O7/c1-3-35-24-14-19(12-13-23(24)37-16-25(31)28-20-9-5-4-8-18(20)2)15-27-29-26(32)17-36-22-11-7-6-10-21(22)30(33)34/h4-15H,3,16-17H2,1-2H3,(H,28,31)(H,29,32)/b27-15+. The minimum Gasteiger partial charge on any atom is -0.490 e. The summed E-state index contributed by atoms with van der Waals surface area (Å²) in [6, 6.07) is 18.1. The summed E-state index contributed by atoms with van der Waals surface area (Å²) in [6.07, 6.45) is 1.39. The summed E-state index contributed by atoms with van der Waals surface area (Å²) >= 11 is 0. The minimum absolute atomic E-state index is 0.0174. The summed E-state index contributed by atoms with van der Waals surface area (Å²) < 4.78 is 16.5. The SMILES string of the molecule is CCOc1cc(/C=N/NC(=O)COc2ccccc2[N+](=O)[O-])ccc1OCC(=O)Nc1ccccc1C. The summed E-state index contributed by atoms with van der Waals surface area (Å²) in [5.74, 6) is -0.148. The zero-order valence-electron chi connectivity index (χ0n) is 20.3. The molecule has 0 radical (unpaired) electrons. The molecule has 2 N–H and O–H groups in total. The Morgan fingerprint density at radius 1 is 0.919 bits per heavy atom. The molecule has 2 amide bonds. The average Bonchev–Trinajstić information content (AvgIpc) is 2.88. The first kappa shape index (κ1) is 26.7. The molecule has 37 heavy (non-hydrogen) atoms. The smallest absolute Gasteiger partial charge is 0.310 e. The van der Waals surface area contributed by atoms with Crippen molar-refractivity contribution in [3.63, 3.8) is 0 Å². The first-order chi connectivity index (χ1) is 17.9. The van der Waals surface area contributed by atoms with E-state index in [0.717, 1.165) is 5.56 Å². The Bertz CT molecular complexity index is 1290. The average molecular weight is 507 g/mol. The molecule has 0 saturated heterocycles. The fraction of sp³-hybridized carbons (Fsp3) is 0.192. The van der Waals surface area contributed by atoms with Crippen LogP contribution in [0.3, 0.4) is 0 Å². The van der Waals surface area contributed by atoms with E-state index < -0.39 is 17.4 Å². The van der Waals surface area contributed by atoms with E-state index in [9.17, 15) is 19.7 Å². The maximum atomic E-state index is 12.3. The second kappa shape index (κ2) is 13.2. The first-order valence-corrected chi connectivity index (χ1v) is 11.3. The second-order valence-electron chi connectivity index (χ2n) is 7.60. The number of amides is 2. The molecular formula is C26H26N4O7. The molecule has 0 saturated carbocycles. The van der Waals surface area contributed by atoms with Gasteiger partial charge < -0.3 is 19.5 Å². The van der Waals surface area contributed by atoms with Gasteiger partial charge in [-0.05, 0) is 55.3 Å². The van der Waals surface area contributed by atoms with Crippen LogP contribution in [0, 0.1) is 17.0 Å². The van der Waals surface area contributed by atoms with E-state index >= 15 is 0 Å². The van der Waals surface area contributed by atoms with Gasteiger partial charge in [0, 0.05) is 11.8 Å². The van der Waals surface area contributed by atoms with E-state index in [1.807, 2.05) is 38.1 Å². The Morgan fingerprint density at radius 3 is 2.38 bits per heavy atom. The Hall–Kier alpha value is -4.93. The Labute approximate surface area is 213 Å². The van der Waals surface area contributed by atoms with Gasteiger partial charge in [0.2, 0.25) is 0 Å². The van der Waals surface area contributed by atoms with Crippen LogP contribution >= 0.6 is 0 Å².